The van der Waals surface area contributed by atoms with E-state index in [9.17, 15) is 17.6 Å². The van der Waals surface area contributed by atoms with E-state index in [1.165, 1.54) is 0 Å². The zero-order chi connectivity index (χ0) is 11.0. The van der Waals surface area contributed by atoms with Crippen LogP contribution < -0.4 is 0 Å². The van der Waals surface area contributed by atoms with E-state index in [4.69, 9.17) is 0 Å². The quantitative estimate of drug-likeness (QED) is 0.566. The molecular weight excluding hydrogens is 266 g/mol. The lowest BCUT2D eigenvalue weighted by atomic mass is 10.2. The molecule has 1 rings (SSSR count). The Morgan fingerprint density at radius 3 is 2.00 bits per heavy atom. The number of alkyl halides is 5. The average Bonchev–Trinajstić information content (AvgIpc) is 2.20. The molecule has 0 aromatic carbocycles. The second kappa shape index (κ2) is 3.96. The van der Waals surface area contributed by atoms with Crippen molar-refractivity contribution >= 4 is 15.9 Å². The Labute approximate surface area is 88.6 Å². The molecule has 1 heterocycles. The lowest BCUT2D eigenvalue weighted by Gasteiger charge is -2.17. The normalized spacial score (nSPS) is 27.9. The highest BCUT2D eigenvalue weighted by Gasteiger charge is 2.62. The van der Waals surface area contributed by atoms with Gasteiger partial charge in [0.05, 0.1) is 13.1 Å². The lowest BCUT2D eigenvalue weighted by molar-refractivity contribution is -0.172. The summed E-state index contributed by atoms with van der Waals surface area (Å²) < 4.78 is 50.9. The molecule has 1 aliphatic rings. The second-order valence-electron chi connectivity index (χ2n) is 3.84. The predicted octanol–water partition coefficient (Wildman–Crippen LogP) is 2.60. The van der Waals surface area contributed by atoms with Crippen LogP contribution in [0.3, 0.4) is 0 Å². The summed E-state index contributed by atoms with van der Waals surface area (Å²) in [5.74, 6) is -7.65. The number of likely N-dealkylation sites (tertiary alicyclic amines) is 1. The number of hydrogen-bond acceptors (Lipinski definition) is 1. The zero-order valence-electron chi connectivity index (χ0n) is 7.74. The fourth-order valence-electron chi connectivity index (χ4n) is 1.47. The number of halogens is 5. The van der Waals surface area contributed by atoms with Crippen molar-refractivity contribution in [2.24, 2.45) is 5.92 Å². The van der Waals surface area contributed by atoms with Gasteiger partial charge < -0.3 is 0 Å². The Balaban J connectivity index is 2.55. The molecule has 0 radical (unpaired) electrons. The maximum Gasteiger partial charge on any atom is 0.323 e. The van der Waals surface area contributed by atoms with Gasteiger partial charge in [-0.1, -0.05) is 22.9 Å². The third-order valence-electron chi connectivity index (χ3n) is 2.21. The number of nitrogens with zero attached hydrogens (tertiary/aromatic N) is 1. The summed E-state index contributed by atoms with van der Waals surface area (Å²) in [5, 5.41) is 0.626. The Hall–Kier alpha value is 0.160. The van der Waals surface area contributed by atoms with Gasteiger partial charge in [-0.05, 0) is 5.92 Å². The topological polar surface area (TPSA) is 3.24 Å². The highest BCUT2D eigenvalue weighted by Crippen LogP contribution is 2.40. The molecular formula is C8H12BrF4N. The van der Waals surface area contributed by atoms with E-state index in [-0.39, 0.29) is 12.5 Å². The van der Waals surface area contributed by atoms with Crippen LogP contribution in [0.4, 0.5) is 17.6 Å². The van der Waals surface area contributed by atoms with Crippen LogP contribution >= 0.6 is 15.9 Å². The maximum absolute atomic E-state index is 12.7. The van der Waals surface area contributed by atoms with Crippen molar-refractivity contribution < 1.29 is 17.6 Å². The second-order valence-corrected chi connectivity index (χ2v) is 4.49. The molecule has 1 unspecified atom stereocenters. The van der Waals surface area contributed by atoms with Crippen LogP contribution in [0.25, 0.3) is 0 Å². The number of rotatable bonds is 3. The predicted molar refractivity (Wildman–Crippen MR) is 49.3 cm³/mol. The SMILES string of the molecule is CC(CBr)CN1CC(F)(F)C(F)(F)C1. The first kappa shape index (κ1) is 12.2. The summed E-state index contributed by atoms with van der Waals surface area (Å²) >= 11 is 3.18. The van der Waals surface area contributed by atoms with Crippen LogP contribution in [-0.4, -0.2) is 41.7 Å². The largest absolute Gasteiger partial charge is 0.323 e. The van der Waals surface area contributed by atoms with Gasteiger partial charge in [-0.25, -0.2) is 0 Å². The Bertz CT molecular complexity index is 194. The number of hydrogen-bond donors (Lipinski definition) is 0. The first-order chi connectivity index (χ1) is 6.28. The van der Waals surface area contributed by atoms with Crippen molar-refractivity contribution in [2.75, 3.05) is 25.0 Å². The molecule has 0 saturated carbocycles. The molecule has 1 nitrogen and oxygen atoms in total. The van der Waals surface area contributed by atoms with Gasteiger partial charge in [-0.15, -0.1) is 0 Å². The average molecular weight is 278 g/mol. The molecule has 84 valence electrons. The van der Waals surface area contributed by atoms with Gasteiger partial charge in [0.15, 0.2) is 0 Å². The fraction of sp³-hybridized carbons (Fsp3) is 1.00. The summed E-state index contributed by atoms with van der Waals surface area (Å²) in [6, 6.07) is 0. The van der Waals surface area contributed by atoms with Crippen molar-refractivity contribution in [2.45, 2.75) is 18.8 Å². The Morgan fingerprint density at radius 1 is 1.21 bits per heavy atom. The molecule has 0 amide bonds. The molecule has 0 N–H and O–H groups in total. The van der Waals surface area contributed by atoms with Gasteiger partial charge in [-0.3, -0.25) is 4.90 Å². The molecule has 0 spiro atoms. The van der Waals surface area contributed by atoms with Gasteiger partial charge in [-0.2, -0.15) is 17.6 Å². The van der Waals surface area contributed by atoms with Crippen molar-refractivity contribution in [1.29, 1.82) is 0 Å². The summed E-state index contributed by atoms with van der Waals surface area (Å²) in [4.78, 5) is 1.12. The Morgan fingerprint density at radius 2 is 1.64 bits per heavy atom. The first-order valence-corrected chi connectivity index (χ1v) is 5.44. The monoisotopic (exact) mass is 277 g/mol. The molecule has 0 bridgehead atoms. The minimum absolute atomic E-state index is 0.0969. The lowest BCUT2D eigenvalue weighted by Crippen LogP contribution is -2.38. The van der Waals surface area contributed by atoms with Crippen LogP contribution in [0.1, 0.15) is 6.92 Å². The third-order valence-corrected chi connectivity index (χ3v) is 3.32. The van der Waals surface area contributed by atoms with Crippen LogP contribution in [-0.2, 0) is 0 Å². The summed E-state index contributed by atoms with van der Waals surface area (Å²) in [7, 11) is 0. The van der Waals surface area contributed by atoms with Crippen molar-refractivity contribution in [3.8, 4) is 0 Å². The summed E-state index contributed by atoms with van der Waals surface area (Å²) in [5.41, 5.74) is 0. The van der Waals surface area contributed by atoms with E-state index >= 15 is 0 Å². The van der Waals surface area contributed by atoms with Gasteiger partial charge in [0, 0.05) is 11.9 Å². The molecule has 0 aromatic rings. The van der Waals surface area contributed by atoms with Gasteiger partial charge in [0.1, 0.15) is 0 Å². The summed E-state index contributed by atoms with van der Waals surface area (Å²) in [6.07, 6.45) is 0. The van der Waals surface area contributed by atoms with E-state index < -0.39 is 24.9 Å². The first-order valence-electron chi connectivity index (χ1n) is 4.32. The summed E-state index contributed by atoms with van der Waals surface area (Å²) in [6.45, 7) is 0.425. The molecule has 1 saturated heterocycles. The standard InChI is InChI=1S/C8H12BrF4N/c1-6(2-9)3-14-4-7(10,11)8(12,13)5-14/h6H,2-5H2,1H3. The van der Waals surface area contributed by atoms with E-state index in [1.807, 2.05) is 6.92 Å². The van der Waals surface area contributed by atoms with Crippen LogP contribution in [0.15, 0.2) is 0 Å². The molecule has 0 aliphatic carbocycles. The van der Waals surface area contributed by atoms with Gasteiger partial charge in [0.2, 0.25) is 0 Å². The molecule has 1 atom stereocenters. The van der Waals surface area contributed by atoms with Crippen LogP contribution in [0, 0.1) is 5.92 Å². The maximum atomic E-state index is 12.7. The van der Waals surface area contributed by atoms with Crippen molar-refractivity contribution in [3.63, 3.8) is 0 Å². The van der Waals surface area contributed by atoms with Crippen LogP contribution in [0.2, 0.25) is 0 Å². The van der Waals surface area contributed by atoms with E-state index in [0.29, 0.717) is 5.33 Å². The zero-order valence-corrected chi connectivity index (χ0v) is 9.33. The van der Waals surface area contributed by atoms with E-state index in [1.54, 1.807) is 0 Å². The van der Waals surface area contributed by atoms with Gasteiger partial charge >= 0.3 is 11.8 Å². The highest BCUT2D eigenvalue weighted by atomic mass is 79.9. The highest BCUT2D eigenvalue weighted by molar-refractivity contribution is 9.09. The van der Waals surface area contributed by atoms with E-state index in [2.05, 4.69) is 15.9 Å². The van der Waals surface area contributed by atoms with E-state index in [0.717, 1.165) is 4.90 Å². The molecule has 14 heavy (non-hydrogen) atoms. The fourth-order valence-corrected chi connectivity index (χ4v) is 1.67. The van der Waals surface area contributed by atoms with Gasteiger partial charge in [0.25, 0.3) is 0 Å². The molecule has 0 aromatic heterocycles. The smallest absolute Gasteiger partial charge is 0.291 e. The molecule has 6 heteroatoms. The molecule has 1 fully saturated rings. The molecule has 1 aliphatic heterocycles. The van der Waals surface area contributed by atoms with Crippen molar-refractivity contribution in [1.82, 2.24) is 4.90 Å². The Kier molecular flexibility index (Phi) is 3.46. The minimum atomic E-state index is -3.88. The van der Waals surface area contributed by atoms with Crippen LogP contribution in [0.5, 0.6) is 0 Å². The third kappa shape index (κ3) is 2.39. The minimum Gasteiger partial charge on any atom is -0.291 e. The van der Waals surface area contributed by atoms with Crippen molar-refractivity contribution in [3.05, 3.63) is 0 Å².